The maximum atomic E-state index is 15.5. The van der Waals surface area contributed by atoms with E-state index in [4.69, 9.17) is 33.7 Å². The van der Waals surface area contributed by atoms with Crippen LogP contribution in [-0.2, 0) is 25.6 Å². The molecule has 1 saturated carbocycles. The van der Waals surface area contributed by atoms with Gasteiger partial charge in [-0.15, -0.1) is 6.58 Å². The van der Waals surface area contributed by atoms with Crippen molar-refractivity contribution >= 4 is 33.3 Å². The summed E-state index contributed by atoms with van der Waals surface area (Å²) in [5.74, 6) is -0.0397. The molecule has 2 fully saturated rings. The highest BCUT2D eigenvalue weighted by Crippen LogP contribution is 2.62. The van der Waals surface area contributed by atoms with E-state index < -0.39 is 30.1 Å². The summed E-state index contributed by atoms with van der Waals surface area (Å²) < 4.78 is 34.3. The maximum absolute atomic E-state index is 15.5. The van der Waals surface area contributed by atoms with E-state index in [0.29, 0.717) is 37.6 Å². The molecule has 1 amide bonds. The van der Waals surface area contributed by atoms with Crippen molar-refractivity contribution in [2.45, 2.75) is 166 Å². The Morgan fingerprint density at radius 2 is 1.49 bits per heavy atom. The van der Waals surface area contributed by atoms with Crippen molar-refractivity contribution in [3.8, 4) is 17.2 Å². The highest BCUT2D eigenvalue weighted by molar-refractivity contribution is 6.03. The highest BCUT2D eigenvalue weighted by Gasteiger charge is 2.66. The number of hydrogen-bond donors (Lipinski definition) is 2. The Bertz CT molecular complexity index is 2740. The van der Waals surface area contributed by atoms with Crippen LogP contribution in [-0.4, -0.2) is 78.1 Å². The molecule has 1 unspecified atom stereocenters. The summed E-state index contributed by atoms with van der Waals surface area (Å²) in [6, 6.07) is 34.3. The first-order valence-corrected chi connectivity index (χ1v) is 29.4. The number of fused-ring (bicyclic) bond motifs is 4. The number of carbonyl (C=O) groups is 1. The van der Waals surface area contributed by atoms with Crippen LogP contribution < -0.4 is 9.47 Å². The normalized spacial score (nSPS) is 23.2. The quantitative estimate of drug-likeness (QED) is 0.0273. The molecule has 7 atom stereocenters. The Labute approximate surface area is 457 Å². The van der Waals surface area contributed by atoms with E-state index in [1.54, 1.807) is 6.08 Å². The molecule has 0 bridgehead atoms. The zero-order chi connectivity index (χ0) is 53.2. The van der Waals surface area contributed by atoms with Gasteiger partial charge in [-0.05, 0) is 120 Å². The van der Waals surface area contributed by atoms with Crippen LogP contribution in [0.4, 0.5) is 4.79 Å². The second kappa shape index (κ2) is 28.2. The number of ether oxygens (including phenoxy) is 5. The Kier molecular flexibility index (Phi) is 20.5. The fourth-order valence-electron chi connectivity index (χ4n) is 12.7. The first-order chi connectivity index (χ1) is 37.9. The van der Waals surface area contributed by atoms with Crippen molar-refractivity contribution < 1.29 is 43.5 Å². The molecule has 0 aromatic heterocycles. The number of allylic oxidation sites excluding steroid dienone is 1. The van der Waals surface area contributed by atoms with Gasteiger partial charge in [0.1, 0.15) is 23.3 Å². The van der Waals surface area contributed by atoms with Gasteiger partial charge in [-0.1, -0.05) is 168 Å². The van der Waals surface area contributed by atoms with Crippen molar-refractivity contribution in [2.75, 3.05) is 33.0 Å². The molecular formula is C66H84N2O9. The molecule has 5 aromatic carbocycles. The molecular weight excluding hydrogens is 965 g/mol. The largest absolute Gasteiger partial charge is 0.459 e. The van der Waals surface area contributed by atoms with Crippen LogP contribution in [0.1, 0.15) is 152 Å². The molecule has 77 heavy (non-hydrogen) atoms. The minimum absolute atomic E-state index is 0.0386. The van der Waals surface area contributed by atoms with Gasteiger partial charge in [0, 0.05) is 37.5 Å². The lowest BCUT2D eigenvalue weighted by molar-refractivity contribution is -0.256. The van der Waals surface area contributed by atoms with Crippen molar-refractivity contribution in [3.63, 3.8) is 0 Å². The number of aliphatic hydroxyl groups is 2. The highest BCUT2D eigenvalue weighted by atomic mass is 16.8. The van der Waals surface area contributed by atoms with E-state index in [0.717, 1.165) is 114 Å². The van der Waals surface area contributed by atoms with Crippen molar-refractivity contribution in [2.24, 2.45) is 22.9 Å². The number of oxime groups is 1. The van der Waals surface area contributed by atoms with Gasteiger partial charge in [-0.25, -0.2) is 4.79 Å². The topological polar surface area (TPSA) is 129 Å². The molecule has 1 saturated heterocycles. The van der Waals surface area contributed by atoms with Crippen LogP contribution in [0, 0.1) is 17.8 Å². The Balaban J connectivity index is 1.16. The summed E-state index contributed by atoms with van der Waals surface area (Å²) in [5.41, 5.74) is 3.65. The summed E-state index contributed by atoms with van der Waals surface area (Å²) >= 11 is 0. The van der Waals surface area contributed by atoms with E-state index in [1.807, 2.05) is 47.4 Å². The third kappa shape index (κ3) is 13.8. The summed E-state index contributed by atoms with van der Waals surface area (Å²) in [6.07, 6.45) is 22.5. The molecule has 9 rings (SSSR count). The van der Waals surface area contributed by atoms with Gasteiger partial charge in [-0.2, -0.15) is 0 Å². The summed E-state index contributed by atoms with van der Waals surface area (Å²) in [7, 11) is 0. The standard InChI is InChI=1S/C66H84N2O9/c1-3-5-6-7-8-9-10-11-12-22-42-73-65(71)68(47-52-30-24-29-49-26-15-16-31-55(49)52)61-46-59(67-77-62-33-19-23-41-72-62)57-44-51(28-17-20-38-69)56(32-18-21-39-70)63-58-45-54(75-53-35-34-48-25-13-14-27-50(48)43-53)36-37-60(58)76-66(61,64(57)63)74-40-4-2/h4,13-16,24-27,29-31,34-37,43-45,51,56,61-64,69-70H,2-3,5-12,17-23,28,32-33,38-42,46-47H2,1H3/t51-,56+,61-,62?,63+,64+,66+/m0/s1. The molecule has 0 radical (unpaired) electrons. The van der Waals surface area contributed by atoms with Crippen molar-refractivity contribution in [1.82, 2.24) is 4.90 Å². The van der Waals surface area contributed by atoms with E-state index in [2.05, 4.69) is 80.2 Å². The monoisotopic (exact) mass is 1050 g/mol. The molecule has 2 aliphatic heterocycles. The minimum Gasteiger partial charge on any atom is -0.459 e. The SMILES string of the molecule is C=CCO[C@@]12Oc3ccc(Oc4ccc5ccccc5c4)cc3[C@H]3[C@H](CCCCO)[C@@H](CCCCO)C=C(C(=NOC4CCCCO4)C[C@@H]1N(Cc1cccc4ccccc14)C(=O)OCCCCCCCCCCCC)[C@H]32. The number of carbonyl (C=O) groups excluding carboxylic acids is 1. The molecule has 412 valence electrons. The second-order valence-electron chi connectivity index (χ2n) is 21.8. The van der Waals surface area contributed by atoms with Crippen LogP contribution in [0.2, 0.25) is 0 Å². The average molecular weight is 1050 g/mol. The van der Waals surface area contributed by atoms with Crippen molar-refractivity contribution in [3.05, 3.63) is 139 Å². The number of nitrogens with zero attached hydrogens (tertiary/aromatic N) is 2. The zero-order valence-electron chi connectivity index (χ0n) is 45.7. The minimum atomic E-state index is -1.47. The lowest BCUT2D eigenvalue weighted by Gasteiger charge is -2.60. The van der Waals surface area contributed by atoms with Gasteiger partial charge in [0.2, 0.25) is 12.1 Å². The van der Waals surface area contributed by atoms with Gasteiger partial charge in [0.05, 0.1) is 38.0 Å². The fraction of sp³-hybridized carbons (Fsp3) is 0.515. The Morgan fingerprint density at radius 1 is 0.779 bits per heavy atom. The fourth-order valence-corrected chi connectivity index (χ4v) is 12.7. The average Bonchev–Trinajstić information content (AvgIpc) is 3.63. The third-order valence-corrected chi connectivity index (χ3v) is 16.6. The molecule has 5 aromatic rings. The van der Waals surface area contributed by atoms with E-state index in [9.17, 15) is 10.2 Å². The zero-order valence-corrected chi connectivity index (χ0v) is 45.7. The van der Waals surface area contributed by atoms with Gasteiger partial charge in [0.15, 0.2) is 0 Å². The van der Waals surface area contributed by atoms with E-state index in [1.165, 1.54) is 44.9 Å². The summed E-state index contributed by atoms with van der Waals surface area (Å²) in [5, 5.41) is 29.8. The number of amides is 1. The lowest BCUT2D eigenvalue weighted by atomic mass is 9.55. The van der Waals surface area contributed by atoms with Crippen LogP contribution in [0.15, 0.2) is 133 Å². The summed E-state index contributed by atoms with van der Waals surface area (Å²) in [4.78, 5) is 23.8. The number of aliphatic hydroxyl groups excluding tert-OH is 2. The predicted octanol–water partition coefficient (Wildman–Crippen LogP) is 15.5. The molecule has 11 nitrogen and oxygen atoms in total. The molecule has 11 heteroatoms. The number of benzene rings is 5. The molecule has 2 heterocycles. The van der Waals surface area contributed by atoms with E-state index >= 15 is 4.79 Å². The van der Waals surface area contributed by atoms with Crippen LogP contribution in [0.3, 0.4) is 0 Å². The van der Waals surface area contributed by atoms with Gasteiger partial charge in [-0.3, -0.25) is 4.90 Å². The second-order valence-corrected chi connectivity index (χ2v) is 21.8. The number of rotatable bonds is 29. The Hall–Kier alpha value is -5.72. The molecule has 2 N–H and O–H groups in total. The van der Waals surface area contributed by atoms with Crippen molar-refractivity contribution in [1.29, 1.82) is 0 Å². The third-order valence-electron chi connectivity index (χ3n) is 16.6. The van der Waals surface area contributed by atoms with Crippen LogP contribution in [0.25, 0.3) is 21.5 Å². The van der Waals surface area contributed by atoms with Gasteiger partial charge in [0.25, 0.3) is 0 Å². The maximum Gasteiger partial charge on any atom is 0.410 e. The van der Waals surface area contributed by atoms with Gasteiger partial charge < -0.3 is 38.7 Å². The number of hydrogen-bond acceptors (Lipinski definition) is 10. The summed E-state index contributed by atoms with van der Waals surface area (Å²) in [6.45, 7) is 7.89. The molecule has 0 spiro atoms. The first-order valence-electron chi connectivity index (χ1n) is 29.4. The molecule has 4 aliphatic rings. The predicted molar refractivity (Wildman–Crippen MR) is 306 cm³/mol. The first kappa shape index (κ1) is 56.0. The Morgan fingerprint density at radius 3 is 2.26 bits per heavy atom. The molecule has 2 aliphatic carbocycles. The smallest absolute Gasteiger partial charge is 0.410 e. The van der Waals surface area contributed by atoms with Crippen LogP contribution >= 0.6 is 0 Å². The van der Waals surface area contributed by atoms with Gasteiger partial charge >= 0.3 is 6.09 Å². The van der Waals surface area contributed by atoms with E-state index in [-0.39, 0.29) is 50.5 Å². The number of unbranched alkanes of at least 4 members (excludes halogenated alkanes) is 11. The lowest BCUT2D eigenvalue weighted by Crippen LogP contribution is -2.70. The van der Waals surface area contributed by atoms with Crippen LogP contribution in [0.5, 0.6) is 17.2 Å².